The van der Waals surface area contributed by atoms with Gasteiger partial charge < -0.3 is 20.3 Å². The molecule has 1 aromatic rings. The Balaban J connectivity index is 3.68. The zero-order valence-electron chi connectivity index (χ0n) is 25.1. The van der Waals surface area contributed by atoms with Crippen LogP contribution in [0.25, 0.3) is 0 Å². The molecule has 1 aromatic carbocycles. The van der Waals surface area contributed by atoms with Crippen LogP contribution in [0.3, 0.4) is 0 Å². The van der Waals surface area contributed by atoms with E-state index in [-0.39, 0.29) is 17.7 Å². The van der Waals surface area contributed by atoms with Crippen LogP contribution in [0, 0.1) is 19.8 Å². The molecule has 2 unspecified atom stereocenters. The monoisotopic (exact) mass is 517 g/mol. The maximum absolute atomic E-state index is 14.4. The summed E-state index contributed by atoms with van der Waals surface area (Å²) in [6, 6.07) is 4.19. The Bertz CT molecular complexity index is 918. The highest BCUT2D eigenvalue weighted by atomic mass is 16.6. The van der Waals surface area contributed by atoms with Crippen LogP contribution >= 0.6 is 0 Å². The third-order valence-electron chi connectivity index (χ3n) is 6.73. The van der Waals surface area contributed by atoms with Crippen LogP contribution in [-0.4, -0.2) is 46.5 Å². The first-order valence-corrected chi connectivity index (χ1v) is 13.7. The second kappa shape index (κ2) is 13.8. The molecule has 210 valence electrons. The lowest BCUT2D eigenvalue weighted by Crippen LogP contribution is -2.59. The number of rotatable bonds is 12. The first-order chi connectivity index (χ1) is 17.1. The summed E-state index contributed by atoms with van der Waals surface area (Å²) in [7, 11) is 0. The van der Waals surface area contributed by atoms with Crippen molar-refractivity contribution in [2.24, 2.45) is 5.92 Å². The van der Waals surface area contributed by atoms with E-state index < -0.39 is 29.3 Å². The number of hydrogen-bond donors (Lipinski definition) is 2. The fourth-order valence-electron chi connectivity index (χ4n) is 4.21. The fraction of sp³-hybridized carbons (Fsp3) is 0.700. The standard InChI is InChI=1S/C30H51N3O4/c1-12-14-18-31-26(34)25(23-17-15-16-21(5)22(23)6)33(30(10,11)13-2)27(35)24(19-20(3)4)32-28(36)37-29(7,8)9/h15-17,20,24-25H,12-14,18-19H2,1-11H3,(H,31,34)(H,32,36). The molecule has 0 aliphatic rings. The van der Waals surface area contributed by atoms with Crippen molar-refractivity contribution < 1.29 is 19.1 Å². The average molecular weight is 518 g/mol. The second-order valence-electron chi connectivity index (χ2n) is 12.0. The molecule has 0 saturated heterocycles. The number of nitrogens with one attached hydrogen (secondary N) is 2. The summed E-state index contributed by atoms with van der Waals surface area (Å²) in [5, 5.41) is 5.89. The number of hydrogen-bond acceptors (Lipinski definition) is 4. The highest BCUT2D eigenvalue weighted by molar-refractivity contribution is 5.93. The average Bonchev–Trinajstić information content (AvgIpc) is 2.77. The van der Waals surface area contributed by atoms with Gasteiger partial charge in [-0.2, -0.15) is 0 Å². The molecular weight excluding hydrogens is 466 g/mol. The quantitative estimate of drug-likeness (QED) is 0.322. The number of amides is 3. The number of nitrogens with zero attached hydrogens (tertiary/aromatic N) is 1. The second-order valence-corrected chi connectivity index (χ2v) is 12.0. The van der Waals surface area contributed by atoms with Gasteiger partial charge in [-0.25, -0.2) is 4.79 Å². The highest BCUT2D eigenvalue weighted by Crippen LogP contribution is 2.35. The number of alkyl carbamates (subject to hydrolysis) is 1. The molecule has 0 aromatic heterocycles. The van der Waals surface area contributed by atoms with Gasteiger partial charge in [0.1, 0.15) is 17.7 Å². The minimum absolute atomic E-state index is 0.132. The highest BCUT2D eigenvalue weighted by Gasteiger charge is 2.43. The molecule has 0 heterocycles. The Labute approximate surface area is 225 Å². The largest absolute Gasteiger partial charge is 0.444 e. The van der Waals surface area contributed by atoms with Crippen LogP contribution in [0.5, 0.6) is 0 Å². The van der Waals surface area contributed by atoms with Gasteiger partial charge in [0, 0.05) is 12.1 Å². The number of aryl methyl sites for hydroxylation is 1. The van der Waals surface area contributed by atoms with Crippen molar-refractivity contribution in [2.45, 2.75) is 125 Å². The number of carbonyl (C=O) groups is 3. The molecule has 0 aliphatic carbocycles. The van der Waals surface area contributed by atoms with Gasteiger partial charge >= 0.3 is 6.09 Å². The van der Waals surface area contributed by atoms with Crippen LogP contribution in [0.1, 0.15) is 111 Å². The summed E-state index contributed by atoms with van der Waals surface area (Å²) < 4.78 is 5.48. The lowest BCUT2D eigenvalue weighted by Gasteiger charge is -2.45. The third kappa shape index (κ3) is 9.67. The van der Waals surface area contributed by atoms with Gasteiger partial charge in [0.2, 0.25) is 11.8 Å². The first-order valence-electron chi connectivity index (χ1n) is 13.7. The summed E-state index contributed by atoms with van der Waals surface area (Å²) in [6.07, 6.45) is 2.21. The molecule has 0 bridgehead atoms. The van der Waals surface area contributed by atoms with Gasteiger partial charge in [0.25, 0.3) is 0 Å². The van der Waals surface area contributed by atoms with Crippen molar-refractivity contribution in [2.75, 3.05) is 6.54 Å². The molecule has 2 N–H and O–H groups in total. The topological polar surface area (TPSA) is 87.7 Å². The van der Waals surface area contributed by atoms with E-state index in [1.165, 1.54) is 0 Å². The third-order valence-corrected chi connectivity index (χ3v) is 6.73. The van der Waals surface area contributed by atoms with Gasteiger partial charge in [-0.1, -0.05) is 52.3 Å². The predicted molar refractivity (Wildman–Crippen MR) is 150 cm³/mol. The number of carbonyl (C=O) groups excluding carboxylic acids is 3. The van der Waals surface area contributed by atoms with Gasteiger partial charge in [0.15, 0.2) is 0 Å². The van der Waals surface area contributed by atoms with E-state index in [2.05, 4.69) is 17.6 Å². The molecule has 0 radical (unpaired) electrons. The van der Waals surface area contributed by atoms with E-state index in [1.54, 1.807) is 25.7 Å². The smallest absolute Gasteiger partial charge is 0.408 e. The Hall–Kier alpha value is -2.57. The molecule has 37 heavy (non-hydrogen) atoms. The van der Waals surface area contributed by atoms with E-state index >= 15 is 0 Å². The molecule has 0 spiro atoms. The van der Waals surface area contributed by atoms with Crippen molar-refractivity contribution >= 4 is 17.9 Å². The summed E-state index contributed by atoms with van der Waals surface area (Å²) in [6.45, 7) is 21.9. The molecule has 0 fully saturated rings. The van der Waals surface area contributed by atoms with E-state index in [9.17, 15) is 14.4 Å². The minimum Gasteiger partial charge on any atom is -0.444 e. The molecule has 7 heteroatoms. The van der Waals surface area contributed by atoms with E-state index in [4.69, 9.17) is 4.74 Å². The van der Waals surface area contributed by atoms with Gasteiger partial charge in [-0.3, -0.25) is 9.59 Å². The summed E-state index contributed by atoms with van der Waals surface area (Å²) in [5.74, 6) is -0.367. The molecular formula is C30H51N3O4. The summed E-state index contributed by atoms with van der Waals surface area (Å²) in [4.78, 5) is 42.7. The number of ether oxygens (including phenoxy) is 1. The maximum Gasteiger partial charge on any atom is 0.408 e. The van der Waals surface area contributed by atoms with Crippen LogP contribution in [0.2, 0.25) is 0 Å². The van der Waals surface area contributed by atoms with Gasteiger partial charge in [-0.15, -0.1) is 0 Å². The predicted octanol–water partition coefficient (Wildman–Crippen LogP) is 6.22. The van der Waals surface area contributed by atoms with Crippen molar-refractivity contribution in [3.8, 4) is 0 Å². The van der Waals surface area contributed by atoms with Crippen LogP contribution in [0.4, 0.5) is 4.79 Å². The SMILES string of the molecule is CCCCNC(=O)C(c1cccc(C)c1C)N(C(=O)C(CC(C)C)NC(=O)OC(C)(C)C)C(C)(C)CC. The first kappa shape index (κ1) is 32.5. The Morgan fingerprint density at radius 1 is 1.03 bits per heavy atom. The van der Waals surface area contributed by atoms with Gasteiger partial charge in [-0.05, 0) is 90.3 Å². The lowest BCUT2D eigenvalue weighted by molar-refractivity contribution is -0.149. The molecule has 2 atom stereocenters. The Morgan fingerprint density at radius 2 is 1.65 bits per heavy atom. The van der Waals surface area contributed by atoms with Gasteiger partial charge in [0.05, 0.1) is 0 Å². The van der Waals surface area contributed by atoms with Crippen molar-refractivity contribution in [1.82, 2.24) is 15.5 Å². The molecule has 3 amide bonds. The zero-order valence-corrected chi connectivity index (χ0v) is 25.1. The Morgan fingerprint density at radius 3 is 2.16 bits per heavy atom. The van der Waals surface area contributed by atoms with Crippen molar-refractivity contribution in [1.29, 1.82) is 0 Å². The normalized spacial score (nSPS) is 13.6. The van der Waals surface area contributed by atoms with E-state index in [1.807, 2.05) is 66.7 Å². The van der Waals surface area contributed by atoms with E-state index in [0.29, 0.717) is 19.4 Å². The van der Waals surface area contributed by atoms with Crippen LogP contribution in [-0.2, 0) is 14.3 Å². The number of benzene rings is 1. The summed E-state index contributed by atoms with van der Waals surface area (Å²) in [5.41, 5.74) is 1.47. The lowest BCUT2D eigenvalue weighted by atomic mass is 9.88. The molecule has 1 rings (SSSR count). The summed E-state index contributed by atoms with van der Waals surface area (Å²) >= 11 is 0. The molecule has 0 aliphatic heterocycles. The van der Waals surface area contributed by atoms with Crippen LogP contribution < -0.4 is 10.6 Å². The van der Waals surface area contributed by atoms with E-state index in [0.717, 1.165) is 29.5 Å². The van der Waals surface area contributed by atoms with Crippen molar-refractivity contribution in [3.63, 3.8) is 0 Å². The minimum atomic E-state index is -0.839. The Kier molecular flexibility index (Phi) is 12.1. The zero-order chi connectivity index (χ0) is 28.6. The number of unbranched alkanes of at least 4 members (excludes halogenated alkanes) is 1. The van der Waals surface area contributed by atoms with Crippen LogP contribution in [0.15, 0.2) is 18.2 Å². The maximum atomic E-state index is 14.4. The molecule has 7 nitrogen and oxygen atoms in total. The van der Waals surface area contributed by atoms with Crippen molar-refractivity contribution in [3.05, 3.63) is 34.9 Å². The molecule has 0 saturated carbocycles. The fourth-order valence-corrected chi connectivity index (χ4v) is 4.21.